The second-order valence-corrected chi connectivity index (χ2v) is 4.10. The highest BCUT2D eigenvalue weighted by Crippen LogP contribution is 2.05. The van der Waals surface area contributed by atoms with Gasteiger partial charge in [-0.2, -0.15) is 0 Å². The molecule has 0 aromatic carbocycles. The molecule has 0 saturated carbocycles. The molecule has 0 aliphatic carbocycles. The third kappa shape index (κ3) is 18.2. The molecule has 0 amide bonds. The second kappa shape index (κ2) is 19.1. The molecule has 0 aromatic rings. The third-order valence-corrected chi connectivity index (χ3v) is 2.47. The van der Waals surface area contributed by atoms with E-state index in [1.54, 1.807) is 7.05 Å². The van der Waals surface area contributed by atoms with Crippen LogP contribution in [0, 0.1) is 5.92 Å². The average molecular weight is 265 g/mol. The maximum absolute atomic E-state index is 8.66. The highest BCUT2D eigenvalue weighted by molar-refractivity contribution is 4.74. The van der Waals surface area contributed by atoms with Gasteiger partial charge in [0.1, 0.15) is 0 Å². The van der Waals surface area contributed by atoms with Gasteiger partial charge in [0.15, 0.2) is 0 Å². The number of rotatable bonds is 6. The lowest BCUT2D eigenvalue weighted by Gasteiger charge is -2.27. The normalized spacial score (nSPS) is 13.5. The molecule has 0 unspecified atom stereocenters. The minimum Gasteiger partial charge on any atom is -0.412 e. The maximum Gasteiger partial charge on any atom is 0.0285 e. The molecule has 5 nitrogen and oxygen atoms in total. The van der Waals surface area contributed by atoms with E-state index in [2.05, 4.69) is 24.6 Å². The Labute approximate surface area is 113 Å². The van der Waals surface area contributed by atoms with Crippen LogP contribution in [-0.2, 0) is 0 Å². The first-order valence-electron chi connectivity index (χ1n) is 7.07. The van der Waals surface area contributed by atoms with Crippen molar-refractivity contribution in [1.29, 1.82) is 0 Å². The van der Waals surface area contributed by atoms with Crippen molar-refractivity contribution in [2.75, 3.05) is 26.7 Å². The number of hydroxylamine groups is 1. The summed E-state index contributed by atoms with van der Waals surface area (Å²) < 4.78 is 0. The highest BCUT2D eigenvalue weighted by Gasteiger charge is 2.15. The van der Waals surface area contributed by atoms with E-state index in [9.17, 15) is 0 Å². The zero-order chi connectivity index (χ0) is 13.5. The van der Waals surface area contributed by atoms with Gasteiger partial charge in [-0.05, 0) is 25.4 Å². The van der Waals surface area contributed by atoms with Crippen LogP contribution in [0.2, 0.25) is 0 Å². The summed E-state index contributed by atoms with van der Waals surface area (Å²) >= 11 is 0. The van der Waals surface area contributed by atoms with Crippen molar-refractivity contribution in [1.82, 2.24) is 15.9 Å². The van der Waals surface area contributed by atoms with E-state index < -0.39 is 0 Å². The van der Waals surface area contributed by atoms with E-state index in [1.165, 1.54) is 19.3 Å². The van der Waals surface area contributed by atoms with Gasteiger partial charge in [0.2, 0.25) is 0 Å². The molecule has 1 saturated heterocycles. The Morgan fingerprint density at radius 1 is 1.22 bits per heavy atom. The molecule has 1 rings (SSSR count). The first kappa shape index (κ1) is 22.9. The van der Waals surface area contributed by atoms with Crippen molar-refractivity contribution >= 4 is 0 Å². The number of hydrazine groups is 1. The van der Waals surface area contributed by atoms with Crippen LogP contribution >= 0.6 is 0 Å². The number of hydrogen-bond acceptors (Lipinski definition) is 4. The molecule has 0 bridgehead atoms. The minimum atomic E-state index is 0. The van der Waals surface area contributed by atoms with Gasteiger partial charge in [-0.15, -0.1) is 5.17 Å². The fourth-order valence-corrected chi connectivity index (χ4v) is 1.34. The first-order valence-corrected chi connectivity index (χ1v) is 7.07. The van der Waals surface area contributed by atoms with Crippen molar-refractivity contribution < 1.29 is 10.7 Å². The van der Waals surface area contributed by atoms with Crippen LogP contribution in [0.3, 0.4) is 0 Å². The zero-order valence-electron chi connectivity index (χ0n) is 12.9. The molecular weight excluding hydrogens is 230 g/mol. The van der Waals surface area contributed by atoms with Crippen LogP contribution in [0.15, 0.2) is 0 Å². The summed E-state index contributed by atoms with van der Waals surface area (Å²) in [7, 11) is 1.58. The summed E-state index contributed by atoms with van der Waals surface area (Å²) in [5.74, 6) is 0.812. The number of hydrogen-bond donors (Lipinski definition) is 3. The molecule has 1 aliphatic heterocycles. The largest absolute Gasteiger partial charge is 0.412 e. The Morgan fingerprint density at radius 2 is 1.72 bits per heavy atom. The van der Waals surface area contributed by atoms with Crippen LogP contribution in [0.4, 0.5) is 0 Å². The smallest absolute Gasteiger partial charge is 0.0285 e. The molecule has 0 spiro atoms. The Kier molecular flexibility index (Phi) is 24.4. The number of nitrogens with zero attached hydrogens (tertiary/aromatic N) is 1. The summed E-state index contributed by atoms with van der Waals surface area (Å²) in [5, 5.41) is 12.9. The molecule has 0 atom stereocenters. The van der Waals surface area contributed by atoms with E-state index in [4.69, 9.17) is 5.21 Å². The van der Waals surface area contributed by atoms with Gasteiger partial charge in [-0.1, -0.05) is 47.0 Å². The zero-order valence-corrected chi connectivity index (χ0v) is 12.9. The Bertz CT molecular complexity index is 129. The highest BCUT2D eigenvalue weighted by atomic mass is 16.5. The van der Waals surface area contributed by atoms with E-state index >= 15 is 0 Å². The van der Waals surface area contributed by atoms with Crippen molar-refractivity contribution in [3.8, 4) is 0 Å². The van der Waals surface area contributed by atoms with Gasteiger partial charge in [0, 0.05) is 13.6 Å². The second-order valence-electron chi connectivity index (χ2n) is 4.10. The molecule has 1 aliphatic rings. The Morgan fingerprint density at radius 3 is 1.94 bits per heavy atom. The molecule has 18 heavy (non-hydrogen) atoms. The summed E-state index contributed by atoms with van der Waals surface area (Å²) in [5.41, 5.74) is 2.81. The molecule has 0 aromatic heterocycles. The van der Waals surface area contributed by atoms with E-state index in [1.807, 2.05) is 13.8 Å². The maximum atomic E-state index is 8.66. The molecule has 1 fully saturated rings. The fourth-order valence-electron chi connectivity index (χ4n) is 1.34. The average Bonchev–Trinajstić information content (AvgIpc) is 2.26. The molecule has 0 radical (unpaired) electrons. The molecule has 5 N–H and O–H groups in total. The van der Waals surface area contributed by atoms with Gasteiger partial charge in [0.25, 0.3) is 0 Å². The lowest BCUT2D eigenvalue weighted by Crippen LogP contribution is -2.44. The van der Waals surface area contributed by atoms with E-state index in [-0.39, 0.29) is 5.48 Å². The van der Waals surface area contributed by atoms with Gasteiger partial charge in [-0.25, -0.2) is 5.43 Å². The van der Waals surface area contributed by atoms with Gasteiger partial charge < -0.3 is 10.8 Å². The summed E-state index contributed by atoms with van der Waals surface area (Å²) in [6.45, 7) is 11.6. The lowest BCUT2D eigenvalue weighted by atomic mass is 10.00. The molecule has 114 valence electrons. The molecule has 5 heteroatoms. The standard InChI is InChI=1S/C6H15N3O.C5H12.C2H6.H2O/c1-9(10)8-3-2-6-4-7-5-6;1-3-5-4-2;1-2;/h6-8,10H,2-5H2,1H3;3-5H2,1-2H3;1-2H3;1H2. The topological polar surface area (TPSA) is 79.0 Å². The van der Waals surface area contributed by atoms with E-state index in [0.29, 0.717) is 0 Å². The number of unbranched alkanes of at least 4 members (excludes halogenated alkanes) is 2. The first-order chi connectivity index (χ1) is 8.20. The van der Waals surface area contributed by atoms with Crippen molar-refractivity contribution in [2.45, 2.75) is 53.4 Å². The van der Waals surface area contributed by atoms with Crippen molar-refractivity contribution in [3.63, 3.8) is 0 Å². The van der Waals surface area contributed by atoms with Crippen molar-refractivity contribution in [3.05, 3.63) is 0 Å². The lowest BCUT2D eigenvalue weighted by molar-refractivity contribution is -0.113. The van der Waals surface area contributed by atoms with Crippen LogP contribution in [0.25, 0.3) is 0 Å². The van der Waals surface area contributed by atoms with Gasteiger partial charge in [-0.3, -0.25) is 5.21 Å². The predicted molar refractivity (Wildman–Crippen MR) is 78.7 cm³/mol. The van der Waals surface area contributed by atoms with Gasteiger partial charge in [0.05, 0.1) is 0 Å². The number of nitrogens with one attached hydrogen (secondary N) is 2. The van der Waals surface area contributed by atoms with Crippen molar-refractivity contribution in [2.24, 2.45) is 5.92 Å². The van der Waals surface area contributed by atoms with Crippen LogP contribution in [0.1, 0.15) is 53.4 Å². The van der Waals surface area contributed by atoms with Crippen LogP contribution in [-0.4, -0.2) is 42.5 Å². The predicted octanol–water partition coefficient (Wildman–Crippen LogP) is 1.82. The Hall–Kier alpha value is -0.200. The summed E-state index contributed by atoms with van der Waals surface area (Å²) in [6, 6.07) is 0. The van der Waals surface area contributed by atoms with E-state index in [0.717, 1.165) is 37.1 Å². The Balaban J connectivity index is -0.000000243. The summed E-state index contributed by atoms with van der Waals surface area (Å²) in [4.78, 5) is 0. The fraction of sp³-hybridized carbons (Fsp3) is 1.00. The molecule has 1 heterocycles. The van der Waals surface area contributed by atoms with Crippen LogP contribution < -0.4 is 10.7 Å². The monoisotopic (exact) mass is 265 g/mol. The molecular formula is C13H35N3O2. The minimum absolute atomic E-state index is 0. The van der Waals surface area contributed by atoms with Crippen LogP contribution in [0.5, 0.6) is 0 Å². The van der Waals surface area contributed by atoms with Gasteiger partial charge >= 0.3 is 0 Å². The third-order valence-electron chi connectivity index (χ3n) is 2.47. The SMILES string of the molecule is CC.CCCCC.CN(O)NCCC1CNC1.O. The quantitative estimate of drug-likeness (QED) is 0.640. The summed E-state index contributed by atoms with van der Waals surface area (Å²) in [6.07, 6.45) is 5.21.